The van der Waals surface area contributed by atoms with Crippen LogP contribution in [0.5, 0.6) is 0 Å². The Hall–Kier alpha value is -6.40. The molecule has 284 valence electrons. The summed E-state index contributed by atoms with van der Waals surface area (Å²) in [5.74, 6) is -0.191. The molecule has 3 N–H and O–H groups in total. The molecule has 8 aromatic rings. The van der Waals surface area contributed by atoms with Gasteiger partial charge in [0.2, 0.25) is 11.8 Å². The van der Waals surface area contributed by atoms with E-state index in [2.05, 4.69) is 30.8 Å². The lowest BCUT2D eigenvalue weighted by molar-refractivity contribution is -0.116. The number of carbonyl (C=O) groups is 2. The van der Waals surface area contributed by atoms with E-state index in [0.29, 0.717) is 22.2 Å². The largest absolute Gasteiger partial charge is 0.388 e. The average molecular weight is 796 g/mol. The molecule has 11 nitrogen and oxygen atoms in total. The van der Waals surface area contributed by atoms with Gasteiger partial charge in [0.15, 0.2) is 11.3 Å². The lowest BCUT2D eigenvalue weighted by Crippen LogP contribution is -2.16. The van der Waals surface area contributed by atoms with Crippen LogP contribution in [0, 0.1) is 0 Å². The molecule has 13 heteroatoms. The molecule has 0 bridgehead atoms. The van der Waals surface area contributed by atoms with Crippen molar-refractivity contribution in [2.24, 2.45) is 0 Å². The van der Waals surface area contributed by atoms with Crippen molar-refractivity contribution in [3.8, 4) is 22.3 Å². The second kappa shape index (κ2) is 16.8. The summed E-state index contributed by atoms with van der Waals surface area (Å²) >= 11 is 11.9. The first-order chi connectivity index (χ1) is 27.7. The number of fused-ring (bicyclic) bond motifs is 3. The van der Waals surface area contributed by atoms with Crippen molar-refractivity contribution in [3.05, 3.63) is 167 Å². The first kappa shape index (κ1) is 37.5. The molecule has 9 rings (SSSR count). The molecule has 1 atom stereocenters. The van der Waals surface area contributed by atoms with E-state index in [1.54, 1.807) is 27.2 Å². The molecule has 0 spiro atoms. The van der Waals surface area contributed by atoms with Gasteiger partial charge in [0.25, 0.3) is 0 Å². The molecule has 0 aliphatic heterocycles. The van der Waals surface area contributed by atoms with Gasteiger partial charge in [0.1, 0.15) is 12.7 Å². The number of aliphatic hydroxyl groups excluding tert-OH is 1. The van der Waals surface area contributed by atoms with Crippen LogP contribution in [0.4, 0.5) is 11.4 Å². The number of hydrogen-bond acceptors (Lipinski definition) is 7. The highest BCUT2D eigenvalue weighted by Gasteiger charge is 2.18. The van der Waals surface area contributed by atoms with Gasteiger partial charge in [-0.3, -0.25) is 9.59 Å². The van der Waals surface area contributed by atoms with Crippen LogP contribution in [0.15, 0.2) is 134 Å². The average Bonchev–Trinajstić information content (AvgIpc) is 3.90. The van der Waals surface area contributed by atoms with E-state index < -0.39 is 6.10 Å². The number of benzene rings is 4. The number of pyridine rings is 2. The number of anilines is 2. The number of aryl methyl sites for hydroxylation is 1. The molecule has 4 heterocycles. The molecule has 1 unspecified atom stereocenters. The van der Waals surface area contributed by atoms with Gasteiger partial charge in [-0.25, -0.2) is 19.0 Å². The van der Waals surface area contributed by atoms with Gasteiger partial charge in [-0.1, -0.05) is 77.8 Å². The summed E-state index contributed by atoms with van der Waals surface area (Å²) in [4.78, 5) is 33.2. The van der Waals surface area contributed by atoms with E-state index in [1.165, 1.54) is 18.2 Å². The Morgan fingerprint density at radius 1 is 0.632 bits per heavy atom. The van der Waals surface area contributed by atoms with Crippen molar-refractivity contribution < 1.29 is 14.7 Å². The first-order valence-electron chi connectivity index (χ1n) is 18.4. The molecule has 4 aromatic heterocycles. The fourth-order valence-corrected chi connectivity index (χ4v) is 7.12. The summed E-state index contributed by atoms with van der Waals surface area (Å²) in [7, 11) is 0. The number of rotatable bonds is 8. The van der Waals surface area contributed by atoms with Crippen molar-refractivity contribution in [3.63, 3.8) is 0 Å². The van der Waals surface area contributed by atoms with Crippen molar-refractivity contribution in [2.75, 3.05) is 10.6 Å². The van der Waals surface area contributed by atoms with Crippen molar-refractivity contribution in [1.82, 2.24) is 29.2 Å². The van der Waals surface area contributed by atoms with Crippen LogP contribution in [0.25, 0.3) is 33.5 Å². The van der Waals surface area contributed by atoms with E-state index in [9.17, 15) is 14.7 Å². The Kier molecular flexibility index (Phi) is 11.0. The van der Waals surface area contributed by atoms with Gasteiger partial charge >= 0.3 is 0 Å². The van der Waals surface area contributed by atoms with Crippen molar-refractivity contribution in [1.29, 1.82) is 0 Å². The molecule has 1 aliphatic rings. The van der Waals surface area contributed by atoms with Crippen LogP contribution in [-0.2, 0) is 28.9 Å². The third-order valence-corrected chi connectivity index (χ3v) is 10.5. The normalized spacial score (nSPS) is 13.4. The number of aliphatic hydroxyl groups is 1. The highest BCUT2D eigenvalue weighted by atomic mass is 35.5. The minimum Gasteiger partial charge on any atom is -0.388 e. The topological polar surface area (TPSA) is 139 Å². The zero-order chi connectivity index (χ0) is 39.3. The number of halogens is 2. The summed E-state index contributed by atoms with van der Waals surface area (Å²) in [5, 5.41) is 25.0. The monoisotopic (exact) mass is 794 g/mol. The summed E-state index contributed by atoms with van der Waals surface area (Å²) < 4.78 is 3.44. The Bertz CT molecular complexity index is 2710. The Morgan fingerprint density at radius 2 is 1.16 bits per heavy atom. The lowest BCUT2D eigenvalue weighted by atomic mass is 9.89. The minimum atomic E-state index is -0.435. The summed E-state index contributed by atoms with van der Waals surface area (Å²) in [6, 6.07) is 34.6. The number of aromatic nitrogens is 6. The van der Waals surface area contributed by atoms with Gasteiger partial charge in [0.05, 0.1) is 29.0 Å². The molecule has 0 saturated heterocycles. The van der Waals surface area contributed by atoms with E-state index in [1.807, 2.05) is 103 Å². The Balaban J connectivity index is 0.000000161. The second-order valence-corrected chi connectivity index (χ2v) is 14.6. The highest BCUT2D eigenvalue weighted by molar-refractivity contribution is 6.42. The van der Waals surface area contributed by atoms with Gasteiger partial charge in [-0.05, 0) is 118 Å². The maximum Gasteiger partial charge on any atom is 0.228 e. The zero-order valence-corrected chi connectivity index (χ0v) is 32.0. The number of hydrogen-bond donors (Lipinski definition) is 3. The van der Waals surface area contributed by atoms with Gasteiger partial charge in [0, 0.05) is 23.8 Å². The van der Waals surface area contributed by atoms with Gasteiger partial charge in [-0.15, -0.1) is 0 Å². The predicted molar refractivity (Wildman–Crippen MR) is 222 cm³/mol. The number of nitrogens with zero attached hydrogens (tertiary/aromatic N) is 6. The fraction of sp³-hybridized carbons (Fsp3) is 0.136. The summed E-state index contributed by atoms with van der Waals surface area (Å²) in [6.07, 6.45) is 9.70. The van der Waals surface area contributed by atoms with Crippen LogP contribution in [0.2, 0.25) is 10.0 Å². The van der Waals surface area contributed by atoms with Gasteiger partial charge in [-0.2, -0.15) is 10.2 Å². The standard InChI is InChI=1S/C24H22N4O2.C20H14Cl2N4O/c29-22-3-1-2-18-8-9-20(14-21(18)22)27-24(30)12-16-4-6-17(7-5-16)19-10-11-28-23(13-19)25-15-26-28;21-17-6-5-16(11-18(17)22)25-20(27)9-13-1-3-14(4-2-13)15-7-8-26-19(10-15)23-12-24-26/h4-11,13-15,22,29H,1-3,12H2,(H,27,30);1-8,10-12H,9H2,(H,25,27). The van der Waals surface area contributed by atoms with E-state index >= 15 is 0 Å². The quantitative estimate of drug-likeness (QED) is 0.140. The number of carbonyl (C=O) groups excluding carboxylic acids is 2. The third kappa shape index (κ3) is 9.02. The molecule has 1 aliphatic carbocycles. The molecular weight excluding hydrogens is 759 g/mol. The predicted octanol–water partition coefficient (Wildman–Crippen LogP) is 8.83. The molecule has 2 amide bonds. The smallest absolute Gasteiger partial charge is 0.228 e. The Morgan fingerprint density at radius 3 is 1.70 bits per heavy atom. The van der Waals surface area contributed by atoms with E-state index in [4.69, 9.17) is 23.2 Å². The van der Waals surface area contributed by atoms with Crippen LogP contribution in [0.3, 0.4) is 0 Å². The third-order valence-electron chi connectivity index (χ3n) is 9.78. The van der Waals surface area contributed by atoms with Crippen LogP contribution in [0.1, 0.15) is 41.2 Å². The van der Waals surface area contributed by atoms with Crippen LogP contribution >= 0.6 is 23.2 Å². The maximum absolute atomic E-state index is 12.5. The fourth-order valence-electron chi connectivity index (χ4n) is 6.83. The number of amides is 2. The van der Waals surface area contributed by atoms with Crippen LogP contribution in [-0.4, -0.2) is 46.1 Å². The van der Waals surface area contributed by atoms with Gasteiger partial charge < -0.3 is 15.7 Å². The lowest BCUT2D eigenvalue weighted by Gasteiger charge is -2.22. The van der Waals surface area contributed by atoms with Crippen LogP contribution < -0.4 is 10.6 Å². The molecule has 0 saturated carbocycles. The van der Waals surface area contributed by atoms with Crippen molar-refractivity contribution >= 4 is 57.7 Å². The van der Waals surface area contributed by atoms with Crippen molar-refractivity contribution in [2.45, 2.75) is 38.2 Å². The molecule has 0 radical (unpaired) electrons. The minimum absolute atomic E-state index is 0.0714. The highest BCUT2D eigenvalue weighted by Crippen LogP contribution is 2.32. The Labute approximate surface area is 338 Å². The second-order valence-electron chi connectivity index (χ2n) is 13.8. The summed E-state index contributed by atoms with van der Waals surface area (Å²) in [6.45, 7) is 0. The summed E-state index contributed by atoms with van der Waals surface area (Å²) in [5.41, 5.74) is 11.1. The molecule has 57 heavy (non-hydrogen) atoms. The van der Waals surface area contributed by atoms with E-state index in [-0.39, 0.29) is 18.2 Å². The molecule has 0 fully saturated rings. The van der Waals surface area contributed by atoms with E-state index in [0.717, 1.165) is 75.2 Å². The molecular formula is C44H36Cl2N8O3. The SMILES string of the molecule is O=C(Cc1ccc(-c2ccn3ncnc3c2)cc1)Nc1ccc(Cl)c(Cl)c1.O=C(Cc1ccc(-c2ccn3ncnc3c2)cc1)Nc1ccc2c(c1)C(O)CCC2. The maximum atomic E-state index is 12.5. The first-order valence-corrected chi connectivity index (χ1v) is 19.1. The molecule has 4 aromatic carbocycles. The zero-order valence-electron chi connectivity index (χ0n) is 30.5. The number of nitrogens with one attached hydrogen (secondary N) is 2.